The normalized spacial score (nSPS) is 11.6. The van der Waals surface area contributed by atoms with Crippen molar-refractivity contribution in [3.63, 3.8) is 0 Å². The molecule has 0 saturated heterocycles. The summed E-state index contributed by atoms with van der Waals surface area (Å²) in [4.78, 5) is 0. The van der Waals surface area contributed by atoms with Crippen LogP contribution in [0.5, 0.6) is 0 Å². The number of nitrogen functional groups attached to an aromatic ring is 1. The van der Waals surface area contributed by atoms with E-state index in [9.17, 15) is 0 Å². The van der Waals surface area contributed by atoms with Crippen molar-refractivity contribution in [2.45, 2.75) is 0 Å². The highest BCUT2D eigenvalue weighted by atomic mass is 15.0. The van der Waals surface area contributed by atoms with E-state index in [2.05, 4.69) is 197 Å². The molecule has 51 heavy (non-hydrogen) atoms. The molecule has 8 aromatic carbocycles. The lowest BCUT2D eigenvalue weighted by Gasteiger charge is -2.20. The average Bonchev–Trinajstić information content (AvgIpc) is 3.70. The molecule has 2 aromatic heterocycles. The Bertz CT molecular complexity index is 2840. The maximum absolute atomic E-state index is 6.68. The molecule has 3 heteroatoms. The zero-order valence-electron chi connectivity index (χ0n) is 27.9. The molecule has 3 nitrogen and oxygen atoms in total. The molecule has 240 valence electrons. The van der Waals surface area contributed by atoms with Crippen molar-refractivity contribution in [3.8, 4) is 44.8 Å². The Labute approximate surface area is 296 Å². The van der Waals surface area contributed by atoms with E-state index >= 15 is 0 Å². The van der Waals surface area contributed by atoms with E-state index in [4.69, 9.17) is 5.73 Å². The number of para-hydroxylation sites is 2. The number of nitrogens with two attached hydrogens (primary N) is 1. The van der Waals surface area contributed by atoms with Crippen LogP contribution in [-0.2, 0) is 0 Å². The highest BCUT2D eigenvalue weighted by molar-refractivity contribution is 6.13. The molecule has 0 atom stereocenters. The summed E-state index contributed by atoms with van der Waals surface area (Å²) in [6, 6.07) is 67.4. The lowest BCUT2D eigenvalue weighted by atomic mass is 9.94. The number of hydrogen-bond donors (Lipinski definition) is 1. The predicted molar refractivity (Wildman–Crippen MR) is 216 cm³/mol. The van der Waals surface area contributed by atoms with Gasteiger partial charge in [0.25, 0.3) is 0 Å². The summed E-state index contributed by atoms with van der Waals surface area (Å²) in [5, 5.41) is 4.90. The van der Waals surface area contributed by atoms with E-state index in [1.807, 2.05) is 0 Å². The zero-order chi connectivity index (χ0) is 33.9. The molecule has 0 bridgehead atoms. The second kappa shape index (κ2) is 11.6. The Morgan fingerprint density at radius 2 is 0.765 bits per heavy atom. The molecule has 2 heterocycles. The van der Waals surface area contributed by atoms with Crippen LogP contribution in [-0.4, -0.2) is 9.13 Å². The SMILES string of the molecule is Nc1cc(-c2ccccc2)c(-n2c3ccccc3c3cc(-n4c5ccccc5c5cc(-c6ccccc6)ccc54)ccc32)c(-c2ccccc2)c1. The van der Waals surface area contributed by atoms with Gasteiger partial charge in [-0.3, -0.25) is 0 Å². The van der Waals surface area contributed by atoms with Crippen LogP contribution >= 0.6 is 0 Å². The van der Waals surface area contributed by atoms with Crippen LogP contribution < -0.4 is 5.73 Å². The van der Waals surface area contributed by atoms with Crippen LogP contribution in [0.25, 0.3) is 88.4 Å². The van der Waals surface area contributed by atoms with Gasteiger partial charge in [-0.1, -0.05) is 133 Å². The van der Waals surface area contributed by atoms with Crippen molar-refractivity contribution in [1.82, 2.24) is 9.13 Å². The quantitative estimate of drug-likeness (QED) is 0.185. The van der Waals surface area contributed by atoms with E-state index in [0.717, 1.165) is 50.3 Å². The molecule has 0 aliphatic carbocycles. The number of nitrogens with zero attached hydrogens (tertiary/aromatic N) is 2. The Morgan fingerprint density at radius 3 is 1.37 bits per heavy atom. The number of rotatable bonds is 5. The van der Waals surface area contributed by atoms with Crippen LogP contribution in [0.15, 0.2) is 188 Å². The summed E-state index contributed by atoms with van der Waals surface area (Å²) in [5.41, 5.74) is 21.2. The number of fused-ring (bicyclic) bond motifs is 6. The molecular formula is C48H33N3. The largest absolute Gasteiger partial charge is 0.399 e. The van der Waals surface area contributed by atoms with Crippen LogP contribution in [0.3, 0.4) is 0 Å². The molecule has 0 aliphatic rings. The fourth-order valence-electron chi connectivity index (χ4n) is 7.98. The maximum Gasteiger partial charge on any atom is 0.0620 e. The first-order valence-corrected chi connectivity index (χ1v) is 17.4. The molecule has 0 saturated carbocycles. The van der Waals surface area contributed by atoms with Crippen molar-refractivity contribution in [3.05, 3.63) is 188 Å². The molecule has 0 spiro atoms. The van der Waals surface area contributed by atoms with Gasteiger partial charge in [0, 0.05) is 44.0 Å². The van der Waals surface area contributed by atoms with E-state index in [0.29, 0.717) is 0 Å². The first-order chi connectivity index (χ1) is 25.2. The minimum absolute atomic E-state index is 0.737. The first-order valence-electron chi connectivity index (χ1n) is 17.4. The molecule has 10 rings (SSSR count). The highest BCUT2D eigenvalue weighted by Crippen LogP contribution is 2.43. The van der Waals surface area contributed by atoms with Crippen molar-refractivity contribution < 1.29 is 0 Å². The lowest BCUT2D eigenvalue weighted by molar-refractivity contribution is 1.17. The standard InChI is InChI=1S/C48H33N3/c49-36-29-40(33-16-6-2-7-17-33)48(41(30-36)34-18-8-3-9-19-34)51-45-23-13-11-21-39(45)43-31-37(25-27-47(43)51)50-44-22-12-10-20-38(44)42-28-35(24-26-46(42)50)32-14-4-1-5-15-32/h1-31H,49H2. The number of hydrogen-bond acceptors (Lipinski definition) is 1. The van der Waals surface area contributed by atoms with Crippen LogP contribution in [0.2, 0.25) is 0 Å². The van der Waals surface area contributed by atoms with Gasteiger partial charge in [0.1, 0.15) is 0 Å². The van der Waals surface area contributed by atoms with Crippen LogP contribution in [0.4, 0.5) is 5.69 Å². The summed E-state index contributed by atoms with van der Waals surface area (Å²) >= 11 is 0. The lowest BCUT2D eigenvalue weighted by Crippen LogP contribution is -2.02. The fraction of sp³-hybridized carbons (Fsp3) is 0. The number of benzene rings is 8. The molecule has 10 aromatic rings. The summed E-state index contributed by atoms with van der Waals surface area (Å²) < 4.78 is 4.86. The van der Waals surface area contributed by atoms with Crippen molar-refractivity contribution >= 4 is 49.3 Å². The van der Waals surface area contributed by atoms with E-state index in [1.54, 1.807) is 0 Å². The average molecular weight is 652 g/mol. The molecule has 0 aliphatic heterocycles. The second-order valence-corrected chi connectivity index (χ2v) is 13.2. The topological polar surface area (TPSA) is 35.9 Å². The minimum atomic E-state index is 0.737. The molecule has 2 N–H and O–H groups in total. The molecule has 0 unspecified atom stereocenters. The van der Waals surface area contributed by atoms with Gasteiger partial charge >= 0.3 is 0 Å². The van der Waals surface area contributed by atoms with Gasteiger partial charge in [0.15, 0.2) is 0 Å². The monoisotopic (exact) mass is 651 g/mol. The Kier molecular flexibility index (Phi) is 6.65. The minimum Gasteiger partial charge on any atom is -0.399 e. The van der Waals surface area contributed by atoms with Crippen LogP contribution in [0.1, 0.15) is 0 Å². The smallest absolute Gasteiger partial charge is 0.0620 e. The van der Waals surface area contributed by atoms with Gasteiger partial charge < -0.3 is 14.9 Å². The zero-order valence-corrected chi connectivity index (χ0v) is 27.9. The van der Waals surface area contributed by atoms with Gasteiger partial charge in [0.2, 0.25) is 0 Å². The Balaban J connectivity index is 1.26. The number of anilines is 1. The summed E-state index contributed by atoms with van der Waals surface area (Å²) in [5.74, 6) is 0. The third-order valence-corrected chi connectivity index (χ3v) is 10.2. The van der Waals surface area contributed by atoms with E-state index in [1.165, 1.54) is 43.7 Å². The van der Waals surface area contributed by atoms with E-state index in [-0.39, 0.29) is 0 Å². The maximum atomic E-state index is 6.68. The second-order valence-electron chi connectivity index (χ2n) is 13.2. The first kappa shape index (κ1) is 29.1. The molecule has 0 radical (unpaired) electrons. The van der Waals surface area contributed by atoms with Gasteiger partial charge in [-0.2, -0.15) is 0 Å². The van der Waals surface area contributed by atoms with E-state index < -0.39 is 0 Å². The predicted octanol–water partition coefficient (Wildman–Crippen LogP) is 12.5. The van der Waals surface area contributed by atoms with Crippen molar-refractivity contribution in [1.29, 1.82) is 0 Å². The van der Waals surface area contributed by atoms with Gasteiger partial charge in [-0.05, 0) is 76.9 Å². The van der Waals surface area contributed by atoms with Gasteiger partial charge in [-0.15, -0.1) is 0 Å². The Hall–Kier alpha value is -6.84. The molecule has 0 amide bonds. The summed E-state index contributed by atoms with van der Waals surface area (Å²) in [6.07, 6.45) is 0. The third-order valence-electron chi connectivity index (χ3n) is 10.2. The van der Waals surface area contributed by atoms with Gasteiger partial charge in [0.05, 0.1) is 27.8 Å². The van der Waals surface area contributed by atoms with Crippen molar-refractivity contribution in [2.24, 2.45) is 0 Å². The molecular weight excluding hydrogens is 619 g/mol. The Morgan fingerprint density at radius 1 is 0.314 bits per heavy atom. The van der Waals surface area contributed by atoms with Crippen LogP contribution in [0, 0.1) is 0 Å². The third kappa shape index (κ3) is 4.67. The highest BCUT2D eigenvalue weighted by Gasteiger charge is 2.22. The molecule has 0 fully saturated rings. The van der Waals surface area contributed by atoms with Gasteiger partial charge in [-0.25, -0.2) is 0 Å². The number of aromatic nitrogens is 2. The summed E-state index contributed by atoms with van der Waals surface area (Å²) in [7, 11) is 0. The fourth-order valence-corrected chi connectivity index (χ4v) is 7.98. The van der Waals surface area contributed by atoms with Crippen molar-refractivity contribution in [2.75, 3.05) is 5.73 Å². The summed E-state index contributed by atoms with van der Waals surface area (Å²) in [6.45, 7) is 0.